The van der Waals surface area contributed by atoms with Crippen molar-refractivity contribution >= 4 is 0 Å². The van der Waals surface area contributed by atoms with Crippen LogP contribution < -0.4 is 0 Å². The van der Waals surface area contributed by atoms with E-state index >= 15 is 0 Å². The van der Waals surface area contributed by atoms with Crippen LogP contribution in [0.2, 0.25) is 0 Å². The molecule has 2 aromatic rings. The Hall–Kier alpha value is -1.65. The first kappa shape index (κ1) is 7.02. The van der Waals surface area contributed by atoms with Crippen LogP contribution in [0.5, 0.6) is 0 Å². The number of nitrogens with zero attached hydrogens (tertiary/aromatic N) is 3. The van der Waals surface area contributed by atoms with Gasteiger partial charge in [-0.25, -0.2) is 4.98 Å². The lowest BCUT2D eigenvalue weighted by molar-refractivity contribution is 0.531. The molecular formula is C7H8N4O. The Balaban J connectivity index is 2.50. The molecule has 0 bridgehead atoms. The van der Waals surface area contributed by atoms with Gasteiger partial charge in [-0.3, -0.25) is 0 Å². The minimum atomic E-state index is 0.464. The fourth-order valence-electron chi connectivity index (χ4n) is 0.967. The second-order valence-electron chi connectivity index (χ2n) is 2.50. The molecule has 0 fully saturated rings. The molecule has 5 nitrogen and oxygen atoms in total. The van der Waals surface area contributed by atoms with Crippen molar-refractivity contribution in [3.63, 3.8) is 0 Å². The molecule has 2 rings (SSSR count). The number of hydrogen-bond donors (Lipinski definition) is 1. The van der Waals surface area contributed by atoms with Crippen molar-refractivity contribution in [2.24, 2.45) is 0 Å². The number of aromatic amines is 1. The summed E-state index contributed by atoms with van der Waals surface area (Å²) in [7, 11) is 0. The molecule has 0 saturated heterocycles. The molecule has 0 spiro atoms. The van der Waals surface area contributed by atoms with Crippen LogP contribution in [0, 0.1) is 13.8 Å². The average molecular weight is 164 g/mol. The molecule has 2 aromatic heterocycles. The summed E-state index contributed by atoms with van der Waals surface area (Å²) in [6, 6.07) is 0. The molecule has 0 atom stereocenters. The summed E-state index contributed by atoms with van der Waals surface area (Å²) in [5.74, 6) is 1.01. The van der Waals surface area contributed by atoms with E-state index in [9.17, 15) is 0 Å². The molecule has 0 radical (unpaired) electrons. The minimum Gasteiger partial charge on any atom is -0.420 e. The van der Waals surface area contributed by atoms with Crippen molar-refractivity contribution < 1.29 is 4.42 Å². The molecule has 0 saturated carbocycles. The fraction of sp³-hybridized carbons (Fsp3) is 0.286. The Bertz CT molecular complexity index is 390. The fourth-order valence-corrected chi connectivity index (χ4v) is 0.967. The summed E-state index contributed by atoms with van der Waals surface area (Å²) in [6.07, 6.45) is 1.60. The molecule has 0 amide bonds. The van der Waals surface area contributed by atoms with Crippen LogP contribution in [0.1, 0.15) is 11.6 Å². The van der Waals surface area contributed by atoms with E-state index in [2.05, 4.69) is 20.2 Å². The molecule has 0 aliphatic heterocycles. The molecule has 0 aliphatic rings. The summed E-state index contributed by atoms with van der Waals surface area (Å²) < 4.78 is 5.20. The lowest BCUT2D eigenvalue weighted by atomic mass is 10.3. The van der Waals surface area contributed by atoms with Gasteiger partial charge in [-0.15, -0.1) is 10.2 Å². The second kappa shape index (κ2) is 2.44. The first-order valence-corrected chi connectivity index (χ1v) is 3.58. The number of nitrogens with one attached hydrogen (secondary N) is 1. The van der Waals surface area contributed by atoms with E-state index in [1.807, 2.05) is 6.92 Å². The van der Waals surface area contributed by atoms with E-state index in [1.165, 1.54) is 0 Å². The van der Waals surface area contributed by atoms with E-state index in [-0.39, 0.29) is 0 Å². The first-order chi connectivity index (χ1) is 5.77. The van der Waals surface area contributed by atoms with Crippen LogP contribution in [0.4, 0.5) is 0 Å². The Morgan fingerprint density at radius 2 is 2.17 bits per heavy atom. The van der Waals surface area contributed by atoms with Crippen molar-refractivity contribution in [2.45, 2.75) is 13.8 Å². The van der Waals surface area contributed by atoms with Gasteiger partial charge in [-0.05, 0) is 6.92 Å². The number of aromatic nitrogens is 4. The van der Waals surface area contributed by atoms with Crippen LogP contribution in [0.3, 0.4) is 0 Å². The Kier molecular flexibility index (Phi) is 1.43. The van der Waals surface area contributed by atoms with Gasteiger partial charge in [0.15, 0.2) is 0 Å². The largest absolute Gasteiger partial charge is 0.420 e. The highest BCUT2D eigenvalue weighted by Gasteiger charge is 2.10. The predicted octanol–water partition coefficient (Wildman–Crippen LogP) is 1.08. The van der Waals surface area contributed by atoms with Crippen LogP contribution in [0.25, 0.3) is 11.6 Å². The van der Waals surface area contributed by atoms with E-state index in [0.717, 1.165) is 11.4 Å². The number of H-pyrrole nitrogens is 1. The van der Waals surface area contributed by atoms with Gasteiger partial charge < -0.3 is 9.40 Å². The monoisotopic (exact) mass is 164 g/mol. The van der Waals surface area contributed by atoms with E-state index in [1.54, 1.807) is 13.3 Å². The van der Waals surface area contributed by atoms with E-state index in [4.69, 9.17) is 4.42 Å². The first-order valence-electron chi connectivity index (χ1n) is 3.58. The standard InChI is InChI=1S/C7H8N4O/c1-4-6(9-3-8-4)7-11-10-5(2)12-7/h3H,1-2H3,(H,8,9). The zero-order valence-electron chi connectivity index (χ0n) is 6.83. The van der Waals surface area contributed by atoms with Gasteiger partial charge in [0.25, 0.3) is 5.89 Å². The van der Waals surface area contributed by atoms with Crippen molar-refractivity contribution in [1.29, 1.82) is 0 Å². The molecule has 0 aromatic carbocycles. The second-order valence-corrected chi connectivity index (χ2v) is 2.50. The molecular weight excluding hydrogens is 156 g/mol. The highest BCUT2D eigenvalue weighted by Crippen LogP contribution is 2.16. The third-order valence-electron chi connectivity index (χ3n) is 1.56. The summed E-state index contributed by atoms with van der Waals surface area (Å²) >= 11 is 0. The maximum absolute atomic E-state index is 5.20. The molecule has 12 heavy (non-hydrogen) atoms. The minimum absolute atomic E-state index is 0.464. The van der Waals surface area contributed by atoms with Gasteiger partial charge in [0.2, 0.25) is 5.89 Å². The summed E-state index contributed by atoms with van der Waals surface area (Å²) in [6.45, 7) is 3.65. The maximum Gasteiger partial charge on any atom is 0.268 e. The van der Waals surface area contributed by atoms with Crippen molar-refractivity contribution in [2.75, 3.05) is 0 Å². The highest BCUT2D eigenvalue weighted by molar-refractivity contribution is 5.48. The van der Waals surface area contributed by atoms with Crippen LogP contribution in [-0.4, -0.2) is 20.2 Å². The number of hydrogen-bond acceptors (Lipinski definition) is 4. The number of rotatable bonds is 1. The van der Waals surface area contributed by atoms with E-state index in [0.29, 0.717) is 11.8 Å². The third kappa shape index (κ3) is 0.990. The molecule has 0 aliphatic carbocycles. The third-order valence-corrected chi connectivity index (χ3v) is 1.56. The quantitative estimate of drug-likeness (QED) is 0.684. The molecule has 2 heterocycles. The molecule has 1 N–H and O–H groups in total. The predicted molar refractivity (Wildman–Crippen MR) is 41.4 cm³/mol. The van der Waals surface area contributed by atoms with Crippen molar-refractivity contribution in [3.05, 3.63) is 17.9 Å². The number of aryl methyl sites for hydroxylation is 2. The zero-order chi connectivity index (χ0) is 8.55. The van der Waals surface area contributed by atoms with Gasteiger partial charge in [-0.2, -0.15) is 0 Å². The lowest BCUT2D eigenvalue weighted by Crippen LogP contribution is -1.80. The Morgan fingerprint density at radius 1 is 1.33 bits per heavy atom. The molecule has 62 valence electrons. The van der Waals surface area contributed by atoms with Gasteiger partial charge >= 0.3 is 0 Å². The maximum atomic E-state index is 5.20. The van der Waals surface area contributed by atoms with Crippen LogP contribution >= 0.6 is 0 Å². The van der Waals surface area contributed by atoms with Gasteiger partial charge in [-0.1, -0.05) is 0 Å². The normalized spacial score (nSPS) is 10.5. The van der Waals surface area contributed by atoms with E-state index < -0.39 is 0 Å². The Morgan fingerprint density at radius 3 is 2.67 bits per heavy atom. The zero-order valence-corrected chi connectivity index (χ0v) is 6.83. The van der Waals surface area contributed by atoms with Gasteiger partial charge in [0.1, 0.15) is 5.69 Å². The van der Waals surface area contributed by atoms with Gasteiger partial charge in [0, 0.05) is 12.6 Å². The van der Waals surface area contributed by atoms with Crippen LogP contribution in [0.15, 0.2) is 10.7 Å². The Labute approximate surface area is 68.8 Å². The SMILES string of the molecule is Cc1nnc(-c2nc[nH]c2C)o1. The summed E-state index contributed by atoms with van der Waals surface area (Å²) in [4.78, 5) is 6.99. The topological polar surface area (TPSA) is 67.6 Å². The summed E-state index contributed by atoms with van der Waals surface area (Å²) in [5.41, 5.74) is 1.65. The smallest absolute Gasteiger partial charge is 0.268 e. The van der Waals surface area contributed by atoms with Crippen LogP contribution in [-0.2, 0) is 0 Å². The van der Waals surface area contributed by atoms with Gasteiger partial charge in [0.05, 0.1) is 6.33 Å². The van der Waals surface area contributed by atoms with Crippen molar-refractivity contribution in [1.82, 2.24) is 20.2 Å². The highest BCUT2D eigenvalue weighted by atomic mass is 16.4. The average Bonchev–Trinajstić information content (AvgIpc) is 2.58. The van der Waals surface area contributed by atoms with Crippen molar-refractivity contribution in [3.8, 4) is 11.6 Å². The molecule has 0 unspecified atom stereocenters. The number of imidazole rings is 1. The summed E-state index contributed by atoms with van der Waals surface area (Å²) in [5, 5.41) is 7.56. The lowest BCUT2D eigenvalue weighted by Gasteiger charge is -1.87. The molecule has 5 heteroatoms.